The van der Waals surface area contributed by atoms with E-state index in [9.17, 15) is 0 Å². The summed E-state index contributed by atoms with van der Waals surface area (Å²) >= 11 is 3.74. The molecular formula is C13H17BrO2. The topological polar surface area (TPSA) is 18.5 Å². The van der Waals surface area contributed by atoms with Gasteiger partial charge in [0.15, 0.2) is 11.5 Å². The summed E-state index contributed by atoms with van der Waals surface area (Å²) in [6.07, 6.45) is 0. The zero-order chi connectivity index (χ0) is 11.8. The van der Waals surface area contributed by atoms with Gasteiger partial charge < -0.3 is 9.47 Å². The van der Waals surface area contributed by atoms with Gasteiger partial charge in [0.25, 0.3) is 0 Å². The fourth-order valence-corrected chi connectivity index (χ4v) is 2.00. The first-order valence-corrected chi connectivity index (χ1v) is 6.43. The fraction of sp³-hybridized carbons (Fsp3) is 0.538. The van der Waals surface area contributed by atoms with Crippen molar-refractivity contribution in [3.05, 3.63) is 23.8 Å². The molecule has 1 heterocycles. The van der Waals surface area contributed by atoms with Crippen LogP contribution in [0.15, 0.2) is 18.2 Å². The number of hydrogen-bond donors (Lipinski definition) is 0. The Morgan fingerprint density at radius 2 is 1.75 bits per heavy atom. The van der Waals surface area contributed by atoms with E-state index in [0.717, 1.165) is 11.5 Å². The molecule has 2 nitrogen and oxygen atoms in total. The SMILES string of the molecule is CC(C)(C)C(Br)c1ccc2c(c1)OCCO2. The molecule has 0 fully saturated rings. The smallest absolute Gasteiger partial charge is 0.161 e. The third-order valence-electron chi connectivity index (χ3n) is 2.62. The third kappa shape index (κ3) is 2.34. The number of ether oxygens (including phenoxy) is 2. The monoisotopic (exact) mass is 284 g/mol. The van der Waals surface area contributed by atoms with E-state index in [4.69, 9.17) is 9.47 Å². The van der Waals surface area contributed by atoms with Crippen molar-refractivity contribution in [2.45, 2.75) is 25.6 Å². The first-order chi connectivity index (χ1) is 7.48. The Balaban J connectivity index is 2.30. The molecule has 1 aromatic rings. The molecule has 1 atom stereocenters. The first-order valence-electron chi connectivity index (χ1n) is 5.52. The lowest BCUT2D eigenvalue weighted by atomic mass is 9.88. The Morgan fingerprint density at radius 3 is 2.38 bits per heavy atom. The molecule has 3 heteroatoms. The number of hydrogen-bond acceptors (Lipinski definition) is 2. The zero-order valence-corrected chi connectivity index (χ0v) is 11.5. The Hall–Kier alpha value is -0.700. The molecule has 0 saturated heterocycles. The molecule has 16 heavy (non-hydrogen) atoms. The molecule has 0 radical (unpaired) electrons. The average molecular weight is 285 g/mol. The van der Waals surface area contributed by atoms with Crippen LogP contribution in [-0.2, 0) is 0 Å². The van der Waals surface area contributed by atoms with E-state index in [1.54, 1.807) is 0 Å². The predicted octanol–water partition coefficient (Wildman–Crippen LogP) is 3.94. The van der Waals surface area contributed by atoms with Crippen molar-refractivity contribution >= 4 is 15.9 Å². The lowest BCUT2D eigenvalue weighted by molar-refractivity contribution is 0.171. The van der Waals surface area contributed by atoms with Crippen LogP contribution >= 0.6 is 15.9 Å². The van der Waals surface area contributed by atoms with E-state index in [2.05, 4.69) is 48.8 Å². The second kappa shape index (κ2) is 4.28. The van der Waals surface area contributed by atoms with Gasteiger partial charge in [-0.1, -0.05) is 42.8 Å². The summed E-state index contributed by atoms with van der Waals surface area (Å²) in [6.45, 7) is 7.91. The maximum atomic E-state index is 5.58. The van der Waals surface area contributed by atoms with Crippen molar-refractivity contribution in [1.82, 2.24) is 0 Å². The number of rotatable bonds is 1. The van der Waals surface area contributed by atoms with Crippen molar-refractivity contribution in [2.75, 3.05) is 13.2 Å². The van der Waals surface area contributed by atoms with Gasteiger partial charge >= 0.3 is 0 Å². The highest BCUT2D eigenvalue weighted by molar-refractivity contribution is 9.09. The van der Waals surface area contributed by atoms with Crippen molar-refractivity contribution in [3.63, 3.8) is 0 Å². The zero-order valence-electron chi connectivity index (χ0n) is 9.92. The molecule has 1 aliphatic heterocycles. The Kier molecular flexibility index (Phi) is 3.15. The summed E-state index contributed by atoms with van der Waals surface area (Å²) in [7, 11) is 0. The summed E-state index contributed by atoms with van der Waals surface area (Å²) < 4.78 is 11.1. The fourth-order valence-electron chi connectivity index (χ4n) is 1.72. The van der Waals surface area contributed by atoms with Gasteiger partial charge in [0.2, 0.25) is 0 Å². The molecule has 2 rings (SSSR count). The van der Waals surface area contributed by atoms with Gasteiger partial charge in [0.1, 0.15) is 13.2 Å². The second-order valence-corrected chi connectivity index (χ2v) is 6.05. The van der Waals surface area contributed by atoms with Gasteiger partial charge in [-0.25, -0.2) is 0 Å². The van der Waals surface area contributed by atoms with E-state index in [-0.39, 0.29) is 5.41 Å². The van der Waals surface area contributed by atoms with Gasteiger partial charge in [-0.2, -0.15) is 0 Å². The highest BCUT2D eigenvalue weighted by Gasteiger charge is 2.25. The summed E-state index contributed by atoms with van der Waals surface area (Å²) in [5.74, 6) is 1.71. The van der Waals surface area contributed by atoms with Gasteiger partial charge in [0.05, 0.1) is 0 Å². The van der Waals surface area contributed by atoms with E-state index in [0.29, 0.717) is 18.0 Å². The molecule has 0 aromatic heterocycles. The average Bonchev–Trinajstić information content (AvgIpc) is 2.26. The predicted molar refractivity (Wildman–Crippen MR) is 68.6 cm³/mol. The van der Waals surface area contributed by atoms with Crippen LogP contribution in [0.5, 0.6) is 11.5 Å². The molecule has 1 aromatic carbocycles. The standard InChI is InChI=1S/C13H17BrO2/c1-13(2,3)12(14)9-4-5-10-11(8-9)16-7-6-15-10/h4-5,8,12H,6-7H2,1-3H3. The minimum Gasteiger partial charge on any atom is -0.486 e. The van der Waals surface area contributed by atoms with Crippen molar-refractivity contribution < 1.29 is 9.47 Å². The van der Waals surface area contributed by atoms with Gasteiger partial charge in [0, 0.05) is 4.83 Å². The van der Waals surface area contributed by atoms with Gasteiger partial charge in [-0.3, -0.25) is 0 Å². The Bertz CT molecular complexity index is 382. The summed E-state index contributed by atoms with van der Waals surface area (Å²) in [5.41, 5.74) is 1.42. The Labute approximate surface area is 105 Å². The molecule has 0 amide bonds. The molecule has 0 bridgehead atoms. The van der Waals surface area contributed by atoms with E-state index < -0.39 is 0 Å². The highest BCUT2D eigenvalue weighted by Crippen LogP contribution is 2.43. The molecule has 88 valence electrons. The lowest BCUT2D eigenvalue weighted by Crippen LogP contribution is -2.17. The maximum absolute atomic E-state index is 5.58. The van der Waals surface area contributed by atoms with Crippen LogP contribution in [0.3, 0.4) is 0 Å². The first kappa shape index (κ1) is 11.8. The van der Waals surface area contributed by atoms with Gasteiger partial charge in [-0.15, -0.1) is 0 Å². The van der Waals surface area contributed by atoms with Crippen LogP contribution < -0.4 is 9.47 Å². The normalized spacial score (nSPS) is 17.0. The van der Waals surface area contributed by atoms with Crippen molar-refractivity contribution in [1.29, 1.82) is 0 Å². The Morgan fingerprint density at radius 1 is 1.12 bits per heavy atom. The van der Waals surface area contributed by atoms with Crippen LogP contribution in [0.4, 0.5) is 0 Å². The molecule has 0 aliphatic carbocycles. The molecule has 0 spiro atoms. The van der Waals surface area contributed by atoms with Crippen LogP contribution in [-0.4, -0.2) is 13.2 Å². The largest absolute Gasteiger partial charge is 0.486 e. The molecule has 1 aliphatic rings. The van der Waals surface area contributed by atoms with Crippen molar-refractivity contribution in [2.24, 2.45) is 5.41 Å². The number of halogens is 1. The third-order valence-corrected chi connectivity index (χ3v) is 4.52. The maximum Gasteiger partial charge on any atom is 0.161 e. The van der Waals surface area contributed by atoms with Crippen LogP contribution in [0.2, 0.25) is 0 Å². The highest BCUT2D eigenvalue weighted by atomic mass is 79.9. The number of alkyl halides is 1. The molecule has 0 saturated carbocycles. The molecule has 0 N–H and O–H groups in total. The number of benzene rings is 1. The quantitative estimate of drug-likeness (QED) is 0.728. The summed E-state index contributed by atoms with van der Waals surface area (Å²) in [4.78, 5) is 0.316. The van der Waals surface area contributed by atoms with Crippen LogP contribution in [0, 0.1) is 5.41 Å². The van der Waals surface area contributed by atoms with Crippen molar-refractivity contribution in [3.8, 4) is 11.5 Å². The second-order valence-electron chi connectivity index (χ2n) is 5.13. The summed E-state index contributed by atoms with van der Waals surface area (Å²) in [5, 5.41) is 0. The summed E-state index contributed by atoms with van der Waals surface area (Å²) in [6, 6.07) is 6.15. The minimum absolute atomic E-state index is 0.184. The van der Waals surface area contributed by atoms with Crippen LogP contribution in [0.25, 0.3) is 0 Å². The van der Waals surface area contributed by atoms with E-state index in [1.807, 2.05) is 6.07 Å². The lowest BCUT2D eigenvalue weighted by Gasteiger charge is -2.27. The van der Waals surface area contributed by atoms with Crippen LogP contribution in [0.1, 0.15) is 31.2 Å². The van der Waals surface area contributed by atoms with Gasteiger partial charge in [-0.05, 0) is 23.1 Å². The van der Waals surface area contributed by atoms with E-state index in [1.165, 1.54) is 5.56 Å². The molecular weight excluding hydrogens is 268 g/mol. The van der Waals surface area contributed by atoms with E-state index >= 15 is 0 Å². The minimum atomic E-state index is 0.184. The molecule has 1 unspecified atom stereocenters. The number of fused-ring (bicyclic) bond motifs is 1.